The van der Waals surface area contributed by atoms with Crippen LogP contribution in [-0.4, -0.2) is 29.2 Å². The van der Waals surface area contributed by atoms with Gasteiger partial charge in [0.05, 0.1) is 24.8 Å². The van der Waals surface area contributed by atoms with Gasteiger partial charge in [0.25, 0.3) is 5.91 Å². The van der Waals surface area contributed by atoms with Crippen molar-refractivity contribution in [1.29, 1.82) is 0 Å². The smallest absolute Gasteiger partial charge is 0.252 e. The fraction of sp³-hybridized carbons (Fsp3) is 0.444. The van der Waals surface area contributed by atoms with Crippen molar-refractivity contribution in [2.24, 2.45) is 5.92 Å². The van der Waals surface area contributed by atoms with E-state index in [1.807, 2.05) is 17.5 Å². The summed E-state index contributed by atoms with van der Waals surface area (Å²) in [6.07, 6.45) is 3.79. The summed E-state index contributed by atoms with van der Waals surface area (Å²) in [5.41, 5.74) is 1.63. The molecule has 1 aliphatic carbocycles. The molecule has 1 saturated carbocycles. The van der Waals surface area contributed by atoms with E-state index in [4.69, 9.17) is 4.74 Å². The number of aromatic nitrogens is 1. The second kappa shape index (κ2) is 7.32. The maximum atomic E-state index is 12.6. The number of carbonyl (C=O) groups excluding carboxylic acids is 1. The lowest BCUT2D eigenvalue weighted by Gasteiger charge is -2.38. The molecule has 24 heavy (non-hydrogen) atoms. The summed E-state index contributed by atoms with van der Waals surface area (Å²) in [7, 11) is 1.57. The highest BCUT2D eigenvalue weighted by molar-refractivity contribution is 7.10. The van der Waals surface area contributed by atoms with Crippen molar-refractivity contribution in [3.05, 3.63) is 45.8 Å². The number of aliphatic hydroxyl groups is 1. The molecule has 0 aliphatic heterocycles. The number of aryl methyl sites for hydroxylation is 1. The van der Waals surface area contributed by atoms with Crippen molar-refractivity contribution in [1.82, 2.24) is 10.3 Å². The van der Waals surface area contributed by atoms with Crippen LogP contribution in [0, 0.1) is 5.92 Å². The van der Waals surface area contributed by atoms with Crippen LogP contribution in [0.2, 0.25) is 0 Å². The number of methoxy groups -OCH3 is 1. The molecule has 0 saturated heterocycles. The second-order valence-corrected chi connectivity index (χ2v) is 7.12. The van der Waals surface area contributed by atoms with Crippen molar-refractivity contribution in [2.45, 2.75) is 38.3 Å². The summed E-state index contributed by atoms with van der Waals surface area (Å²) in [4.78, 5) is 18.0. The second-order valence-electron chi connectivity index (χ2n) is 6.13. The van der Waals surface area contributed by atoms with Crippen LogP contribution in [0.5, 0.6) is 5.88 Å². The zero-order chi connectivity index (χ0) is 17.1. The number of nitrogens with one attached hydrogen (secondary N) is 1. The highest BCUT2D eigenvalue weighted by Gasteiger charge is 2.36. The molecule has 0 spiro atoms. The van der Waals surface area contributed by atoms with E-state index < -0.39 is 0 Å². The van der Waals surface area contributed by atoms with Crippen LogP contribution in [0.4, 0.5) is 0 Å². The van der Waals surface area contributed by atoms with E-state index in [2.05, 4.69) is 17.2 Å². The third-order valence-corrected chi connectivity index (χ3v) is 5.58. The Hall–Kier alpha value is -1.92. The van der Waals surface area contributed by atoms with Crippen LogP contribution in [0.1, 0.15) is 46.6 Å². The van der Waals surface area contributed by atoms with Crippen molar-refractivity contribution < 1.29 is 14.6 Å². The van der Waals surface area contributed by atoms with E-state index in [0.717, 1.165) is 12.0 Å². The lowest BCUT2D eigenvalue weighted by atomic mass is 9.75. The number of nitrogens with zero attached hydrogens (tertiary/aromatic N) is 1. The molecular formula is C18H22N2O3S. The summed E-state index contributed by atoms with van der Waals surface area (Å²) >= 11 is 1.60. The van der Waals surface area contributed by atoms with Gasteiger partial charge in [0.2, 0.25) is 5.88 Å². The van der Waals surface area contributed by atoms with Crippen LogP contribution < -0.4 is 10.1 Å². The standard InChI is InChI=1S/C18H22N2O3S/c1-3-15-8-13(10-24-15)18(22)20-17(12-6-14(21)7-12)11-4-5-16(23-2)19-9-11/h4-5,8-10,12,14,17,21H,3,6-7H2,1-2H3,(H,20,22)/t12?,14?,17-/m0/s1. The molecule has 0 aromatic carbocycles. The number of hydrogen-bond donors (Lipinski definition) is 2. The Labute approximate surface area is 145 Å². The summed E-state index contributed by atoms with van der Waals surface area (Å²) in [6.45, 7) is 2.08. The molecule has 1 atom stereocenters. The van der Waals surface area contributed by atoms with Gasteiger partial charge in [-0.3, -0.25) is 4.79 Å². The SMILES string of the molecule is CCc1cc(C(=O)N[C@@H](c2ccc(OC)nc2)C2CC(O)C2)cs1. The first-order chi connectivity index (χ1) is 11.6. The maximum absolute atomic E-state index is 12.6. The van der Waals surface area contributed by atoms with Crippen LogP contribution >= 0.6 is 11.3 Å². The van der Waals surface area contributed by atoms with Crippen LogP contribution in [0.15, 0.2) is 29.8 Å². The fourth-order valence-corrected chi connectivity index (χ4v) is 3.80. The highest BCUT2D eigenvalue weighted by atomic mass is 32.1. The van der Waals surface area contributed by atoms with Gasteiger partial charge in [0.15, 0.2) is 0 Å². The molecule has 0 bridgehead atoms. The molecule has 0 radical (unpaired) electrons. The van der Waals surface area contributed by atoms with Gasteiger partial charge in [0, 0.05) is 22.5 Å². The lowest BCUT2D eigenvalue weighted by Crippen LogP contribution is -2.41. The number of thiophene rings is 1. The normalized spacial score (nSPS) is 21.0. The van der Waals surface area contributed by atoms with Gasteiger partial charge < -0.3 is 15.2 Å². The van der Waals surface area contributed by atoms with Gasteiger partial charge in [-0.2, -0.15) is 0 Å². The van der Waals surface area contributed by atoms with Gasteiger partial charge in [0.1, 0.15) is 0 Å². The quantitative estimate of drug-likeness (QED) is 0.843. The lowest BCUT2D eigenvalue weighted by molar-refractivity contribution is 0.0234. The van der Waals surface area contributed by atoms with Gasteiger partial charge in [-0.25, -0.2) is 4.98 Å². The van der Waals surface area contributed by atoms with Crippen molar-refractivity contribution >= 4 is 17.2 Å². The number of ether oxygens (including phenoxy) is 1. The van der Waals surface area contributed by atoms with Gasteiger partial charge >= 0.3 is 0 Å². The average Bonchev–Trinajstić information content (AvgIpc) is 3.06. The summed E-state index contributed by atoms with van der Waals surface area (Å²) < 4.78 is 5.10. The molecule has 1 fully saturated rings. The molecule has 2 N–H and O–H groups in total. The Kier molecular flexibility index (Phi) is 5.16. The van der Waals surface area contributed by atoms with E-state index in [1.54, 1.807) is 30.7 Å². The Morgan fingerprint density at radius 2 is 2.29 bits per heavy atom. The van der Waals surface area contributed by atoms with Gasteiger partial charge in [-0.1, -0.05) is 13.0 Å². The highest BCUT2D eigenvalue weighted by Crippen LogP contribution is 2.38. The predicted octanol–water partition coefficient (Wildman–Crippen LogP) is 2.96. The third-order valence-electron chi connectivity index (χ3n) is 4.50. The topological polar surface area (TPSA) is 71.5 Å². The minimum Gasteiger partial charge on any atom is -0.481 e. The third kappa shape index (κ3) is 3.60. The number of hydrogen-bond acceptors (Lipinski definition) is 5. The summed E-state index contributed by atoms with van der Waals surface area (Å²) in [6, 6.07) is 5.51. The van der Waals surface area contributed by atoms with Crippen molar-refractivity contribution in [3.8, 4) is 5.88 Å². The molecule has 2 aromatic rings. The number of pyridine rings is 1. The number of carbonyl (C=O) groups is 1. The number of rotatable bonds is 6. The molecule has 3 rings (SSSR count). The monoisotopic (exact) mass is 346 g/mol. The summed E-state index contributed by atoms with van der Waals surface area (Å²) in [5.74, 6) is 0.694. The molecule has 6 heteroatoms. The first-order valence-electron chi connectivity index (χ1n) is 8.17. The van der Waals surface area contributed by atoms with E-state index in [1.165, 1.54) is 4.88 Å². The van der Waals surface area contributed by atoms with Crippen molar-refractivity contribution in [2.75, 3.05) is 7.11 Å². The molecule has 5 nitrogen and oxygen atoms in total. The Bertz CT molecular complexity index is 693. The van der Waals surface area contributed by atoms with Crippen LogP contribution in [0.25, 0.3) is 0 Å². The molecule has 128 valence electrons. The van der Waals surface area contributed by atoms with E-state index in [0.29, 0.717) is 24.3 Å². The van der Waals surface area contributed by atoms with Gasteiger partial charge in [-0.05, 0) is 36.8 Å². The molecule has 1 aliphatic rings. The first kappa shape index (κ1) is 16.9. The Balaban J connectivity index is 1.77. The van der Waals surface area contributed by atoms with E-state index in [9.17, 15) is 9.90 Å². The minimum absolute atomic E-state index is 0.0758. The van der Waals surface area contributed by atoms with E-state index >= 15 is 0 Å². The Morgan fingerprint density at radius 1 is 1.50 bits per heavy atom. The maximum Gasteiger partial charge on any atom is 0.252 e. The largest absolute Gasteiger partial charge is 0.481 e. The Morgan fingerprint density at radius 3 is 2.83 bits per heavy atom. The van der Waals surface area contributed by atoms with Crippen LogP contribution in [0.3, 0.4) is 0 Å². The van der Waals surface area contributed by atoms with Crippen molar-refractivity contribution in [3.63, 3.8) is 0 Å². The zero-order valence-electron chi connectivity index (χ0n) is 13.9. The molecule has 2 aromatic heterocycles. The number of amides is 1. The minimum atomic E-state index is -0.270. The molecule has 2 heterocycles. The van der Waals surface area contributed by atoms with E-state index in [-0.39, 0.29) is 24.0 Å². The average molecular weight is 346 g/mol. The van der Waals surface area contributed by atoms with Gasteiger partial charge in [-0.15, -0.1) is 11.3 Å². The first-order valence-corrected chi connectivity index (χ1v) is 9.05. The predicted molar refractivity (Wildman–Crippen MR) is 93.4 cm³/mol. The number of aliphatic hydroxyl groups excluding tert-OH is 1. The fourth-order valence-electron chi connectivity index (χ4n) is 2.98. The summed E-state index contributed by atoms with van der Waals surface area (Å²) in [5, 5.41) is 14.7. The molecular weight excluding hydrogens is 324 g/mol. The molecule has 1 amide bonds. The molecule has 0 unspecified atom stereocenters. The van der Waals surface area contributed by atoms with Crippen LogP contribution in [-0.2, 0) is 6.42 Å². The zero-order valence-corrected chi connectivity index (χ0v) is 14.7.